The zero-order chi connectivity index (χ0) is 20.9. The number of benzene rings is 3. The van der Waals surface area contributed by atoms with Crippen LogP contribution in [0.15, 0.2) is 77.7 Å². The number of fused-ring (bicyclic) bond motifs is 2. The second-order valence-corrected chi connectivity index (χ2v) is 9.30. The Morgan fingerprint density at radius 1 is 0.767 bits per heavy atom. The minimum Gasteiger partial charge on any atom is -0.304 e. The summed E-state index contributed by atoms with van der Waals surface area (Å²) in [6, 6.07) is 22.4. The summed E-state index contributed by atoms with van der Waals surface area (Å²) in [7, 11) is -3.80. The van der Waals surface area contributed by atoms with Crippen LogP contribution in [0.2, 0.25) is 0 Å². The van der Waals surface area contributed by atoms with Gasteiger partial charge in [-0.2, -0.15) is 0 Å². The van der Waals surface area contributed by atoms with Crippen molar-refractivity contribution in [1.82, 2.24) is 9.97 Å². The maximum atomic E-state index is 13.5. The molecular formula is C23H20N4O2S. The molecule has 0 spiro atoms. The normalized spacial score (nSPS) is 13.7. The molecule has 0 atom stereocenters. The lowest BCUT2D eigenvalue weighted by atomic mass is 10.2. The van der Waals surface area contributed by atoms with Crippen molar-refractivity contribution in [1.29, 1.82) is 0 Å². The molecule has 0 radical (unpaired) electrons. The maximum Gasteiger partial charge on any atom is 0.267 e. The van der Waals surface area contributed by atoms with Crippen molar-refractivity contribution in [2.24, 2.45) is 0 Å². The molecule has 1 aliphatic rings. The van der Waals surface area contributed by atoms with Crippen LogP contribution in [-0.4, -0.2) is 25.1 Å². The fraction of sp³-hybridized carbons (Fsp3) is 0.130. The molecule has 0 amide bonds. The highest BCUT2D eigenvalue weighted by Gasteiger charge is 2.38. The van der Waals surface area contributed by atoms with Gasteiger partial charge in [-0.05, 0) is 55.8 Å². The number of rotatable bonds is 3. The summed E-state index contributed by atoms with van der Waals surface area (Å²) in [6.45, 7) is 4.01. The molecule has 150 valence electrons. The van der Waals surface area contributed by atoms with Crippen LogP contribution in [0.25, 0.3) is 11.0 Å². The molecule has 0 saturated heterocycles. The third-order valence-corrected chi connectivity index (χ3v) is 6.94. The van der Waals surface area contributed by atoms with Gasteiger partial charge in [-0.3, -0.25) is 0 Å². The van der Waals surface area contributed by atoms with Crippen LogP contribution in [0.3, 0.4) is 0 Å². The van der Waals surface area contributed by atoms with Gasteiger partial charge in [0.1, 0.15) is 6.67 Å². The number of sulfonamides is 1. The van der Waals surface area contributed by atoms with Crippen molar-refractivity contribution in [3.05, 3.63) is 83.9 Å². The number of anilines is 3. The molecule has 1 aliphatic heterocycles. The summed E-state index contributed by atoms with van der Waals surface area (Å²) < 4.78 is 28.4. The Kier molecular flexibility index (Phi) is 4.22. The molecule has 1 aromatic heterocycles. The van der Waals surface area contributed by atoms with E-state index >= 15 is 0 Å². The van der Waals surface area contributed by atoms with E-state index in [1.54, 1.807) is 18.2 Å². The molecule has 0 unspecified atom stereocenters. The van der Waals surface area contributed by atoms with Gasteiger partial charge in [0.2, 0.25) is 0 Å². The van der Waals surface area contributed by atoms with E-state index in [-0.39, 0.29) is 11.6 Å². The van der Waals surface area contributed by atoms with E-state index in [0.717, 1.165) is 22.3 Å². The average Bonchev–Trinajstić information content (AvgIpc) is 3.12. The summed E-state index contributed by atoms with van der Waals surface area (Å²) in [4.78, 5) is 11.6. The zero-order valence-electron chi connectivity index (χ0n) is 16.6. The van der Waals surface area contributed by atoms with E-state index in [2.05, 4.69) is 4.98 Å². The van der Waals surface area contributed by atoms with Gasteiger partial charge in [0, 0.05) is 5.69 Å². The Labute approximate surface area is 175 Å². The zero-order valence-corrected chi connectivity index (χ0v) is 17.5. The molecule has 7 heteroatoms. The number of aromatic nitrogens is 2. The topological polar surface area (TPSA) is 66.4 Å². The summed E-state index contributed by atoms with van der Waals surface area (Å²) in [6.07, 6.45) is 0. The summed E-state index contributed by atoms with van der Waals surface area (Å²) in [5.41, 5.74) is 4.27. The lowest BCUT2D eigenvalue weighted by Crippen LogP contribution is -2.34. The van der Waals surface area contributed by atoms with E-state index in [4.69, 9.17) is 4.98 Å². The highest BCUT2D eigenvalue weighted by molar-refractivity contribution is 7.92. The van der Waals surface area contributed by atoms with Gasteiger partial charge in [0.05, 0.1) is 15.9 Å². The molecular weight excluding hydrogens is 396 g/mol. The van der Waals surface area contributed by atoms with Crippen LogP contribution < -0.4 is 9.21 Å². The Bertz CT molecular complexity index is 1370. The van der Waals surface area contributed by atoms with Crippen LogP contribution in [0.5, 0.6) is 0 Å². The van der Waals surface area contributed by atoms with E-state index in [9.17, 15) is 8.42 Å². The highest BCUT2D eigenvalue weighted by atomic mass is 32.2. The lowest BCUT2D eigenvalue weighted by molar-refractivity contribution is 0.592. The fourth-order valence-electron chi connectivity index (χ4n) is 3.61. The molecule has 0 bridgehead atoms. The van der Waals surface area contributed by atoms with Crippen molar-refractivity contribution >= 4 is 38.4 Å². The summed E-state index contributed by atoms with van der Waals surface area (Å²) in [5, 5.41) is 0. The number of nitrogens with zero attached hydrogens (tertiary/aromatic N) is 4. The molecule has 0 N–H and O–H groups in total. The lowest BCUT2D eigenvalue weighted by Gasteiger charge is -2.21. The molecule has 6 nitrogen and oxygen atoms in total. The first-order chi connectivity index (χ1) is 14.4. The van der Waals surface area contributed by atoms with E-state index in [1.165, 1.54) is 4.31 Å². The third kappa shape index (κ3) is 2.98. The molecule has 3 aromatic carbocycles. The predicted molar refractivity (Wildman–Crippen MR) is 119 cm³/mol. The van der Waals surface area contributed by atoms with Crippen molar-refractivity contribution in [3.8, 4) is 0 Å². The van der Waals surface area contributed by atoms with Crippen LogP contribution in [0.1, 0.15) is 11.1 Å². The first-order valence-electron chi connectivity index (χ1n) is 9.64. The van der Waals surface area contributed by atoms with Gasteiger partial charge in [0.25, 0.3) is 10.0 Å². The highest BCUT2D eigenvalue weighted by Crippen LogP contribution is 2.41. The molecule has 5 rings (SSSR count). The smallest absolute Gasteiger partial charge is 0.267 e. The number of hydrogen-bond donors (Lipinski definition) is 0. The van der Waals surface area contributed by atoms with Gasteiger partial charge < -0.3 is 4.90 Å². The predicted octanol–water partition coefficient (Wildman–Crippen LogP) is 4.55. The Balaban J connectivity index is 1.71. The molecule has 0 aliphatic carbocycles. The van der Waals surface area contributed by atoms with Crippen molar-refractivity contribution in [2.75, 3.05) is 15.9 Å². The van der Waals surface area contributed by atoms with Gasteiger partial charge in [-0.1, -0.05) is 42.0 Å². The average molecular weight is 417 g/mol. The molecule has 0 saturated carbocycles. The second-order valence-electron chi connectivity index (χ2n) is 7.43. The Morgan fingerprint density at radius 3 is 2.10 bits per heavy atom. The van der Waals surface area contributed by atoms with Crippen molar-refractivity contribution in [3.63, 3.8) is 0 Å². The second kappa shape index (κ2) is 6.81. The minimum atomic E-state index is -3.80. The quantitative estimate of drug-likeness (QED) is 0.490. The Morgan fingerprint density at radius 2 is 1.43 bits per heavy atom. The first-order valence-corrected chi connectivity index (χ1v) is 11.1. The van der Waals surface area contributed by atoms with Crippen LogP contribution in [-0.2, 0) is 10.0 Å². The SMILES string of the molecule is Cc1ccc(N2CN(S(=O)(=O)c3cccc(C)c3)c3nc4ccccc4nc32)cc1. The third-order valence-electron chi connectivity index (χ3n) is 5.22. The molecule has 4 aromatic rings. The summed E-state index contributed by atoms with van der Waals surface area (Å²) in [5.74, 6) is 0.879. The Hall–Kier alpha value is -3.45. The largest absolute Gasteiger partial charge is 0.304 e. The number of para-hydroxylation sites is 2. The van der Waals surface area contributed by atoms with Crippen LogP contribution in [0, 0.1) is 13.8 Å². The molecule has 30 heavy (non-hydrogen) atoms. The maximum absolute atomic E-state index is 13.5. The van der Waals surface area contributed by atoms with Gasteiger partial charge in [-0.15, -0.1) is 0 Å². The first kappa shape index (κ1) is 18.6. The van der Waals surface area contributed by atoms with Gasteiger partial charge >= 0.3 is 0 Å². The van der Waals surface area contributed by atoms with E-state index < -0.39 is 10.0 Å². The van der Waals surface area contributed by atoms with Gasteiger partial charge in [0.15, 0.2) is 11.6 Å². The summed E-state index contributed by atoms with van der Waals surface area (Å²) >= 11 is 0. The van der Waals surface area contributed by atoms with Crippen molar-refractivity contribution < 1.29 is 8.42 Å². The van der Waals surface area contributed by atoms with Crippen LogP contribution in [0.4, 0.5) is 17.3 Å². The van der Waals surface area contributed by atoms with E-state index in [0.29, 0.717) is 17.2 Å². The monoisotopic (exact) mass is 416 g/mol. The number of hydrogen-bond acceptors (Lipinski definition) is 5. The minimum absolute atomic E-state index is 0.116. The van der Waals surface area contributed by atoms with E-state index in [1.807, 2.05) is 73.3 Å². The fourth-order valence-corrected chi connectivity index (χ4v) is 5.07. The standard InChI is InChI=1S/C23H20N4O2S/c1-16-10-12-18(13-11-16)26-15-27(30(28,29)19-7-5-6-17(2)14-19)23-22(26)24-20-8-3-4-9-21(20)25-23/h3-14H,15H2,1-2H3. The molecule has 0 fully saturated rings. The van der Waals surface area contributed by atoms with Crippen LogP contribution >= 0.6 is 0 Å². The van der Waals surface area contributed by atoms with Crippen molar-refractivity contribution in [2.45, 2.75) is 18.7 Å². The molecule has 2 heterocycles. The van der Waals surface area contributed by atoms with Gasteiger partial charge in [-0.25, -0.2) is 22.7 Å². The number of aryl methyl sites for hydroxylation is 2.